The average molecular weight is 297 g/mol. The van der Waals surface area contributed by atoms with Crippen LogP contribution in [0.25, 0.3) is 0 Å². The van der Waals surface area contributed by atoms with Gasteiger partial charge in [-0.05, 0) is 47.0 Å². The van der Waals surface area contributed by atoms with Crippen molar-refractivity contribution < 1.29 is 0 Å². The maximum atomic E-state index is 5.89. The van der Waals surface area contributed by atoms with Crippen LogP contribution in [0.1, 0.15) is 11.1 Å². The second kappa shape index (κ2) is 4.89. The largest absolute Gasteiger partial charge is 0.397 e. The maximum Gasteiger partial charge on any atom is 0.0587 e. The monoisotopic (exact) mass is 296 g/mol. The number of nitrogens with two attached hydrogens (primary N) is 1. The molecule has 16 heavy (non-hydrogen) atoms. The van der Waals surface area contributed by atoms with Crippen molar-refractivity contribution in [2.45, 2.75) is 13.5 Å². The van der Waals surface area contributed by atoms with Crippen molar-refractivity contribution in [3.05, 3.63) is 44.6 Å². The van der Waals surface area contributed by atoms with Crippen LogP contribution < -0.4 is 11.1 Å². The number of rotatable bonds is 3. The molecule has 2 rings (SSSR count). The van der Waals surface area contributed by atoms with Crippen molar-refractivity contribution in [2.24, 2.45) is 0 Å². The van der Waals surface area contributed by atoms with Crippen LogP contribution in [-0.4, -0.2) is 0 Å². The molecule has 1 aromatic heterocycles. The van der Waals surface area contributed by atoms with E-state index in [1.807, 2.05) is 18.2 Å². The normalized spacial score (nSPS) is 10.4. The summed E-state index contributed by atoms with van der Waals surface area (Å²) in [5.41, 5.74) is 10.3. The number of halogens is 1. The second-order valence-electron chi connectivity index (χ2n) is 3.67. The quantitative estimate of drug-likeness (QED) is 0.840. The van der Waals surface area contributed by atoms with Gasteiger partial charge in [0.25, 0.3) is 0 Å². The summed E-state index contributed by atoms with van der Waals surface area (Å²) in [6, 6.07) is 5.83. The second-order valence-corrected chi connectivity index (χ2v) is 5.32. The molecule has 0 radical (unpaired) electrons. The highest BCUT2D eigenvalue weighted by molar-refractivity contribution is 9.10. The Balaban J connectivity index is 2.10. The van der Waals surface area contributed by atoms with Gasteiger partial charge in [0.1, 0.15) is 0 Å². The molecule has 0 atom stereocenters. The van der Waals surface area contributed by atoms with Gasteiger partial charge >= 0.3 is 0 Å². The third-order valence-corrected chi connectivity index (χ3v) is 3.85. The molecule has 1 heterocycles. The molecular weight excluding hydrogens is 284 g/mol. The van der Waals surface area contributed by atoms with E-state index in [1.165, 1.54) is 11.1 Å². The van der Waals surface area contributed by atoms with E-state index >= 15 is 0 Å². The van der Waals surface area contributed by atoms with Gasteiger partial charge < -0.3 is 11.1 Å². The van der Waals surface area contributed by atoms with Crippen LogP contribution in [0.4, 0.5) is 11.4 Å². The first-order valence-corrected chi connectivity index (χ1v) is 6.71. The first kappa shape index (κ1) is 11.5. The lowest BCUT2D eigenvalue weighted by Gasteiger charge is -2.09. The molecule has 0 bridgehead atoms. The Hall–Kier alpha value is -1.00. The molecule has 4 heteroatoms. The number of nitrogen functional groups attached to an aromatic ring is 1. The number of aryl methyl sites for hydroxylation is 1. The Kier molecular flexibility index (Phi) is 3.51. The average Bonchev–Trinajstić information content (AvgIpc) is 2.66. The summed E-state index contributed by atoms with van der Waals surface area (Å²) in [6.07, 6.45) is 0. The molecule has 1 aromatic carbocycles. The lowest BCUT2D eigenvalue weighted by Crippen LogP contribution is -2.02. The van der Waals surface area contributed by atoms with Crippen molar-refractivity contribution in [1.82, 2.24) is 0 Å². The lowest BCUT2D eigenvalue weighted by atomic mass is 10.2. The summed E-state index contributed by atoms with van der Waals surface area (Å²) in [6.45, 7) is 2.94. The predicted molar refractivity (Wildman–Crippen MR) is 74.9 cm³/mol. The molecule has 0 saturated carbocycles. The van der Waals surface area contributed by atoms with E-state index in [0.717, 1.165) is 22.4 Å². The third kappa shape index (κ3) is 2.57. The first-order valence-electron chi connectivity index (χ1n) is 4.97. The molecule has 0 aliphatic rings. The van der Waals surface area contributed by atoms with Gasteiger partial charge in [-0.1, -0.05) is 15.9 Å². The standard InChI is InChI=1S/C12H13BrN2S/c1-8-6-16-7-9(8)5-15-12-4-10(13)2-3-11(12)14/h2-4,6-7,15H,5,14H2,1H3. The Morgan fingerprint density at radius 3 is 2.88 bits per heavy atom. The van der Waals surface area contributed by atoms with Crippen molar-refractivity contribution in [2.75, 3.05) is 11.1 Å². The number of thiophene rings is 1. The summed E-state index contributed by atoms with van der Waals surface area (Å²) < 4.78 is 1.03. The van der Waals surface area contributed by atoms with Gasteiger partial charge in [0.15, 0.2) is 0 Å². The predicted octanol–water partition coefficient (Wildman–Crippen LogP) is 4.01. The third-order valence-electron chi connectivity index (χ3n) is 2.45. The minimum Gasteiger partial charge on any atom is -0.397 e. The first-order chi connectivity index (χ1) is 7.66. The molecule has 0 aliphatic heterocycles. The fourth-order valence-electron chi connectivity index (χ4n) is 1.44. The van der Waals surface area contributed by atoms with Gasteiger partial charge in [0.2, 0.25) is 0 Å². The molecule has 2 aromatic rings. The fraction of sp³-hybridized carbons (Fsp3) is 0.167. The zero-order valence-corrected chi connectivity index (χ0v) is 11.4. The molecule has 0 unspecified atom stereocenters. The molecule has 0 amide bonds. The molecule has 0 aliphatic carbocycles. The summed E-state index contributed by atoms with van der Waals surface area (Å²) in [5, 5.41) is 7.67. The molecular formula is C12H13BrN2S. The van der Waals surface area contributed by atoms with E-state index in [0.29, 0.717) is 0 Å². The van der Waals surface area contributed by atoms with Crippen LogP contribution in [-0.2, 0) is 6.54 Å². The SMILES string of the molecule is Cc1cscc1CNc1cc(Br)ccc1N. The van der Waals surface area contributed by atoms with Crippen LogP contribution in [0, 0.1) is 6.92 Å². The smallest absolute Gasteiger partial charge is 0.0587 e. The minimum absolute atomic E-state index is 0.774. The topological polar surface area (TPSA) is 38.0 Å². The van der Waals surface area contributed by atoms with Gasteiger partial charge in [-0.2, -0.15) is 11.3 Å². The zero-order chi connectivity index (χ0) is 11.5. The van der Waals surface area contributed by atoms with Crippen molar-refractivity contribution in [1.29, 1.82) is 0 Å². The highest BCUT2D eigenvalue weighted by Gasteiger charge is 2.02. The number of nitrogens with one attached hydrogen (secondary N) is 1. The molecule has 3 N–H and O–H groups in total. The van der Waals surface area contributed by atoms with Crippen LogP contribution >= 0.6 is 27.3 Å². The van der Waals surface area contributed by atoms with E-state index in [1.54, 1.807) is 11.3 Å². The Bertz CT molecular complexity index is 494. The summed E-state index contributed by atoms with van der Waals surface area (Å²) in [7, 11) is 0. The van der Waals surface area contributed by atoms with Crippen molar-refractivity contribution in [3.63, 3.8) is 0 Å². The Morgan fingerprint density at radius 1 is 1.38 bits per heavy atom. The van der Waals surface area contributed by atoms with Crippen molar-refractivity contribution in [3.8, 4) is 0 Å². The molecule has 84 valence electrons. The van der Waals surface area contributed by atoms with Crippen LogP contribution in [0.2, 0.25) is 0 Å². The molecule has 0 fully saturated rings. The lowest BCUT2D eigenvalue weighted by molar-refractivity contribution is 1.14. The van der Waals surface area contributed by atoms with Crippen molar-refractivity contribution >= 4 is 38.6 Å². The summed E-state index contributed by atoms with van der Waals surface area (Å²) in [5.74, 6) is 0. The number of benzene rings is 1. The number of hydrogen-bond acceptors (Lipinski definition) is 3. The number of anilines is 2. The van der Waals surface area contributed by atoms with Crippen LogP contribution in [0.3, 0.4) is 0 Å². The fourth-order valence-corrected chi connectivity index (χ4v) is 2.66. The van der Waals surface area contributed by atoms with E-state index in [2.05, 4.69) is 38.9 Å². The van der Waals surface area contributed by atoms with Crippen LogP contribution in [0.5, 0.6) is 0 Å². The number of hydrogen-bond donors (Lipinski definition) is 2. The highest BCUT2D eigenvalue weighted by Crippen LogP contribution is 2.24. The minimum atomic E-state index is 0.774. The van der Waals surface area contributed by atoms with Gasteiger partial charge in [0, 0.05) is 11.0 Å². The van der Waals surface area contributed by atoms with E-state index in [9.17, 15) is 0 Å². The van der Waals surface area contributed by atoms with E-state index in [-0.39, 0.29) is 0 Å². The van der Waals surface area contributed by atoms with Gasteiger partial charge in [-0.3, -0.25) is 0 Å². The van der Waals surface area contributed by atoms with Gasteiger partial charge in [-0.25, -0.2) is 0 Å². The summed E-state index contributed by atoms with van der Waals surface area (Å²) in [4.78, 5) is 0. The summed E-state index contributed by atoms with van der Waals surface area (Å²) >= 11 is 5.16. The van der Waals surface area contributed by atoms with E-state index < -0.39 is 0 Å². The van der Waals surface area contributed by atoms with Gasteiger partial charge in [-0.15, -0.1) is 0 Å². The molecule has 0 spiro atoms. The zero-order valence-electron chi connectivity index (χ0n) is 8.96. The Morgan fingerprint density at radius 2 is 2.19 bits per heavy atom. The maximum absolute atomic E-state index is 5.89. The van der Waals surface area contributed by atoms with E-state index in [4.69, 9.17) is 5.73 Å². The van der Waals surface area contributed by atoms with Crippen LogP contribution in [0.15, 0.2) is 33.4 Å². The van der Waals surface area contributed by atoms with Gasteiger partial charge in [0.05, 0.1) is 11.4 Å². The molecule has 2 nitrogen and oxygen atoms in total. The molecule has 0 saturated heterocycles. The highest BCUT2D eigenvalue weighted by atomic mass is 79.9. The Labute approximate surface area is 108 Å².